The van der Waals surface area contributed by atoms with E-state index in [0.29, 0.717) is 6.42 Å². The Kier molecular flexibility index (Phi) is 4.09. The monoisotopic (exact) mass is 234 g/mol. The maximum Gasteiger partial charge on any atom is 0.226 e. The van der Waals surface area contributed by atoms with Gasteiger partial charge in [0.25, 0.3) is 0 Å². The summed E-state index contributed by atoms with van der Waals surface area (Å²) in [5.74, 6) is 0.0186. The van der Waals surface area contributed by atoms with Crippen LogP contribution in [0.2, 0.25) is 0 Å². The SMILES string of the molecule is O=C(Cc1ccccn1)NC1CCC(O)CC1. The van der Waals surface area contributed by atoms with Gasteiger partial charge in [-0.25, -0.2) is 0 Å². The molecule has 17 heavy (non-hydrogen) atoms. The van der Waals surface area contributed by atoms with Crippen molar-refractivity contribution in [2.75, 3.05) is 0 Å². The van der Waals surface area contributed by atoms with E-state index >= 15 is 0 Å². The van der Waals surface area contributed by atoms with Crippen molar-refractivity contribution in [3.8, 4) is 0 Å². The fourth-order valence-electron chi connectivity index (χ4n) is 2.17. The molecule has 0 saturated heterocycles. The van der Waals surface area contributed by atoms with E-state index in [1.54, 1.807) is 6.20 Å². The fraction of sp³-hybridized carbons (Fsp3) is 0.538. The predicted molar refractivity (Wildman–Crippen MR) is 64.3 cm³/mol. The van der Waals surface area contributed by atoms with Gasteiger partial charge in [0.1, 0.15) is 0 Å². The lowest BCUT2D eigenvalue weighted by Crippen LogP contribution is -2.39. The van der Waals surface area contributed by atoms with Crippen molar-refractivity contribution >= 4 is 5.91 Å². The highest BCUT2D eigenvalue weighted by Gasteiger charge is 2.20. The number of aliphatic hydroxyl groups is 1. The van der Waals surface area contributed by atoms with Crippen molar-refractivity contribution in [1.29, 1.82) is 0 Å². The lowest BCUT2D eigenvalue weighted by atomic mass is 9.93. The minimum atomic E-state index is -0.182. The van der Waals surface area contributed by atoms with Crippen molar-refractivity contribution < 1.29 is 9.90 Å². The van der Waals surface area contributed by atoms with Gasteiger partial charge in [-0.2, -0.15) is 0 Å². The molecule has 1 aromatic heterocycles. The standard InChI is InChI=1S/C13H18N2O2/c16-12-6-4-10(5-7-12)15-13(17)9-11-3-1-2-8-14-11/h1-3,8,10,12,16H,4-7,9H2,(H,15,17). The molecule has 2 rings (SSSR count). The molecule has 0 bridgehead atoms. The van der Waals surface area contributed by atoms with Gasteiger partial charge >= 0.3 is 0 Å². The molecule has 1 aliphatic rings. The van der Waals surface area contributed by atoms with E-state index in [2.05, 4.69) is 10.3 Å². The first-order valence-corrected chi connectivity index (χ1v) is 6.11. The largest absolute Gasteiger partial charge is 0.393 e. The molecule has 0 aliphatic heterocycles. The van der Waals surface area contributed by atoms with Crippen LogP contribution in [0.1, 0.15) is 31.4 Å². The van der Waals surface area contributed by atoms with Crippen LogP contribution in [0.3, 0.4) is 0 Å². The summed E-state index contributed by atoms with van der Waals surface area (Å²) in [5.41, 5.74) is 0.792. The second-order valence-electron chi connectivity index (χ2n) is 4.57. The number of nitrogens with zero attached hydrogens (tertiary/aromatic N) is 1. The van der Waals surface area contributed by atoms with Gasteiger partial charge in [0.15, 0.2) is 0 Å². The second-order valence-corrected chi connectivity index (χ2v) is 4.57. The van der Waals surface area contributed by atoms with Crippen LogP contribution >= 0.6 is 0 Å². The van der Waals surface area contributed by atoms with Gasteiger partial charge in [0, 0.05) is 17.9 Å². The summed E-state index contributed by atoms with van der Waals surface area (Å²) in [6.07, 6.45) is 5.16. The topological polar surface area (TPSA) is 62.2 Å². The maximum atomic E-state index is 11.7. The first kappa shape index (κ1) is 12.0. The van der Waals surface area contributed by atoms with Crippen LogP contribution in [0.25, 0.3) is 0 Å². The third kappa shape index (κ3) is 3.82. The Morgan fingerprint density at radius 1 is 1.35 bits per heavy atom. The minimum absolute atomic E-state index is 0.0186. The highest BCUT2D eigenvalue weighted by molar-refractivity contribution is 5.78. The molecule has 4 nitrogen and oxygen atoms in total. The summed E-state index contributed by atoms with van der Waals surface area (Å²) >= 11 is 0. The smallest absolute Gasteiger partial charge is 0.226 e. The molecule has 2 N–H and O–H groups in total. The fourth-order valence-corrected chi connectivity index (χ4v) is 2.17. The molecular formula is C13H18N2O2. The van der Waals surface area contributed by atoms with Gasteiger partial charge in [-0.3, -0.25) is 9.78 Å². The highest BCUT2D eigenvalue weighted by Crippen LogP contribution is 2.18. The molecule has 0 aromatic carbocycles. The van der Waals surface area contributed by atoms with Crippen LogP contribution in [0.5, 0.6) is 0 Å². The van der Waals surface area contributed by atoms with Gasteiger partial charge in [0.2, 0.25) is 5.91 Å². The molecule has 1 amide bonds. The van der Waals surface area contributed by atoms with Crippen LogP contribution < -0.4 is 5.32 Å². The molecule has 0 radical (unpaired) electrons. The maximum absolute atomic E-state index is 11.7. The average Bonchev–Trinajstić information content (AvgIpc) is 2.33. The molecule has 0 unspecified atom stereocenters. The van der Waals surface area contributed by atoms with Crippen molar-refractivity contribution in [2.24, 2.45) is 0 Å². The summed E-state index contributed by atoms with van der Waals surface area (Å²) in [4.78, 5) is 15.9. The van der Waals surface area contributed by atoms with E-state index < -0.39 is 0 Å². The number of nitrogens with one attached hydrogen (secondary N) is 1. The van der Waals surface area contributed by atoms with Gasteiger partial charge < -0.3 is 10.4 Å². The Morgan fingerprint density at radius 3 is 2.76 bits per heavy atom. The quantitative estimate of drug-likeness (QED) is 0.821. The van der Waals surface area contributed by atoms with E-state index in [1.165, 1.54) is 0 Å². The van der Waals surface area contributed by atoms with Crippen LogP contribution in [0.15, 0.2) is 24.4 Å². The first-order chi connectivity index (χ1) is 8.24. The van der Waals surface area contributed by atoms with Crippen LogP contribution in [-0.4, -0.2) is 28.1 Å². The predicted octanol–water partition coefficient (Wildman–Crippen LogP) is 1.04. The Labute approximate surface area is 101 Å². The zero-order chi connectivity index (χ0) is 12.1. The molecule has 0 spiro atoms. The van der Waals surface area contributed by atoms with Crippen LogP contribution in [-0.2, 0) is 11.2 Å². The third-order valence-corrected chi connectivity index (χ3v) is 3.13. The molecule has 1 aliphatic carbocycles. The number of hydrogen-bond acceptors (Lipinski definition) is 3. The molecular weight excluding hydrogens is 216 g/mol. The second kappa shape index (κ2) is 5.77. The van der Waals surface area contributed by atoms with Gasteiger partial charge in [0.05, 0.1) is 12.5 Å². The summed E-state index contributed by atoms with van der Waals surface area (Å²) in [6.45, 7) is 0. The molecule has 1 aromatic rings. The number of carbonyl (C=O) groups excluding carboxylic acids is 1. The average molecular weight is 234 g/mol. The summed E-state index contributed by atoms with van der Waals surface area (Å²) in [7, 11) is 0. The zero-order valence-electron chi connectivity index (χ0n) is 9.80. The minimum Gasteiger partial charge on any atom is -0.393 e. The van der Waals surface area contributed by atoms with Crippen LogP contribution in [0.4, 0.5) is 0 Å². The van der Waals surface area contributed by atoms with Crippen molar-refractivity contribution in [3.05, 3.63) is 30.1 Å². The zero-order valence-corrected chi connectivity index (χ0v) is 9.80. The number of aliphatic hydroxyl groups excluding tert-OH is 1. The van der Waals surface area contributed by atoms with E-state index in [1.807, 2.05) is 18.2 Å². The number of pyridine rings is 1. The lowest BCUT2D eigenvalue weighted by molar-refractivity contribution is -0.121. The molecule has 92 valence electrons. The number of rotatable bonds is 3. The van der Waals surface area contributed by atoms with Gasteiger partial charge in [-0.15, -0.1) is 0 Å². The van der Waals surface area contributed by atoms with Crippen molar-refractivity contribution in [3.63, 3.8) is 0 Å². The number of amides is 1. The Bertz CT molecular complexity index is 359. The third-order valence-electron chi connectivity index (χ3n) is 3.13. The molecule has 4 heteroatoms. The Balaban J connectivity index is 1.78. The van der Waals surface area contributed by atoms with Gasteiger partial charge in [-0.1, -0.05) is 6.07 Å². The molecule has 1 fully saturated rings. The van der Waals surface area contributed by atoms with Crippen LogP contribution in [0, 0.1) is 0 Å². The normalized spacial score (nSPS) is 24.3. The molecule has 0 atom stereocenters. The number of carbonyl (C=O) groups is 1. The highest BCUT2D eigenvalue weighted by atomic mass is 16.3. The first-order valence-electron chi connectivity index (χ1n) is 6.11. The Hall–Kier alpha value is -1.42. The summed E-state index contributed by atoms with van der Waals surface area (Å²) < 4.78 is 0. The number of hydrogen-bond donors (Lipinski definition) is 2. The van der Waals surface area contributed by atoms with Crippen molar-refractivity contribution in [2.45, 2.75) is 44.2 Å². The van der Waals surface area contributed by atoms with Crippen molar-refractivity contribution in [1.82, 2.24) is 10.3 Å². The van der Waals surface area contributed by atoms with E-state index in [4.69, 9.17) is 0 Å². The van der Waals surface area contributed by atoms with E-state index in [-0.39, 0.29) is 18.1 Å². The van der Waals surface area contributed by atoms with E-state index in [0.717, 1.165) is 31.4 Å². The summed E-state index contributed by atoms with van der Waals surface area (Å²) in [6, 6.07) is 5.79. The van der Waals surface area contributed by atoms with Gasteiger partial charge in [-0.05, 0) is 37.8 Å². The molecule has 1 saturated carbocycles. The molecule has 1 heterocycles. The Morgan fingerprint density at radius 2 is 2.12 bits per heavy atom. The lowest BCUT2D eigenvalue weighted by Gasteiger charge is -2.26. The number of aromatic nitrogens is 1. The van der Waals surface area contributed by atoms with E-state index in [9.17, 15) is 9.90 Å². The summed E-state index contributed by atoms with van der Waals surface area (Å²) in [5, 5.41) is 12.4.